The Morgan fingerprint density at radius 1 is 1.33 bits per heavy atom. The number of fused-ring (bicyclic) bond motifs is 1. The topological polar surface area (TPSA) is 72.8 Å². The van der Waals surface area contributed by atoms with E-state index in [1.54, 1.807) is 25.1 Å². The molecular formula is C16H14O5. The number of ether oxygens (including phenoxy) is 2. The van der Waals surface area contributed by atoms with Crippen molar-refractivity contribution < 1.29 is 24.2 Å². The number of aliphatic hydroxyl groups is 1. The Hall–Kier alpha value is -2.40. The third kappa shape index (κ3) is 1.74. The van der Waals surface area contributed by atoms with Crippen molar-refractivity contribution >= 4 is 11.6 Å². The van der Waals surface area contributed by atoms with Gasteiger partial charge in [-0.3, -0.25) is 9.59 Å². The fourth-order valence-electron chi connectivity index (χ4n) is 2.71. The minimum absolute atomic E-state index is 0.00926. The highest BCUT2D eigenvalue weighted by atomic mass is 16.5. The number of hydrogen-bond acceptors (Lipinski definition) is 5. The van der Waals surface area contributed by atoms with E-state index in [0.717, 1.165) is 0 Å². The highest BCUT2D eigenvalue weighted by Crippen LogP contribution is 2.40. The van der Waals surface area contributed by atoms with E-state index in [2.05, 4.69) is 6.58 Å². The number of Topliss-reactive ketones (excluding diaryl/α,β-unsaturated/α-hetero) is 2. The molecule has 2 unspecified atom stereocenters. The number of allylic oxidation sites excluding steroid dienone is 1. The molecule has 1 aromatic carbocycles. The quantitative estimate of drug-likeness (QED) is 0.837. The first-order valence-corrected chi connectivity index (χ1v) is 6.48. The van der Waals surface area contributed by atoms with Crippen molar-refractivity contribution in [3.8, 4) is 5.75 Å². The SMILES string of the molecule is C=C(C)C1OC2=C(C(=O)c3c(OC)cccc3C2=O)C1O. The maximum Gasteiger partial charge on any atom is 0.229 e. The molecule has 2 aliphatic rings. The van der Waals surface area contributed by atoms with Crippen LogP contribution >= 0.6 is 0 Å². The zero-order chi connectivity index (χ0) is 15.3. The van der Waals surface area contributed by atoms with Crippen LogP contribution in [0.4, 0.5) is 0 Å². The molecule has 1 N–H and O–H groups in total. The highest BCUT2D eigenvalue weighted by molar-refractivity contribution is 6.28. The van der Waals surface area contributed by atoms with Crippen LogP contribution < -0.4 is 4.74 Å². The molecule has 0 bridgehead atoms. The lowest BCUT2D eigenvalue weighted by atomic mass is 9.85. The van der Waals surface area contributed by atoms with Gasteiger partial charge in [0.15, 0.2) is 11.5 Å². The minimum atomic E-state index is -1.19. The van der Waals surface area contributed by atoms with Gasteiger partial charge >= 0.3 is 0 Å². The molecule has 0 saturated carbocycles. The van der Waals surface area contributed by atoms with Crippen LogP contribution in [0.1, 0.15) is 27.6 Å². The molecule has 2 atom stereocenters. The maximum atomic E-state index is 12.6. The van der Waals surface area contributed by atoms with Gasteiger partial charge in [0.1, 0.15) is 18.0 Å². The van der Waals surface area contributed by atoms with Crippen molar-refractivity contribution in [2.24, 2.45) is 0 Å². The third-order valence-electron chi connectivity index (χ3n) is 3.73. The largest absolute Gasteiger partial charge is 0.496 e. The Kier molecular flexibility index (Phi) is 2.95. The molecule has 0 saturated heterocycles. The number of benzene rings is 1. The maximum absolute atomic E-state index is 12.6. The van der Waals surface area contributed by atoms with Gasteiger partial charge in [0, 0.05) is 5.56 Å². The van der Waals surface area contributed by atoms with Gasteiger partial charge in [0.05, 0.1) is 18.2 Å². The van der Waals surface area contributed by atoms with Crippen LogP contribution in [0.5, 0.6) is 5.75 Å². The van der Waals surface area contributed by atoms with Crippen LogP contribution in [0.15, 0.2) is 41.7 Å². The van der Waals surface area contributed by atoms with Gasteiger partial charge in [0.25, 0.3) is 0 Å². The van der Waals surface area contributed by atoms with Gasteiger partial charge in [-0.2, -0.15) is 0 Å². The van der Waals surface area contributed by atoms with Crippen molar-refractivity contribution in [1.29, 1.82) is 0 Å². The minimum Gasteiger partial charge on any atom is -0.496 e. The summed E-state index contributed by atoms with van der Waals surface area (Å²) in [7, 11) is 1.43. The second kappa shape index (κ2) is 4.56. The molecule has 5 heteroatoms. The molecular weight excluding hydrogens is 272 g/mol. The molecule has 0 fully saturated rings. The van der Waals surface area contributed by atoms with E-state index in [0.29, 0.717) is 11.3 Å². The van der Waals surface area contributed by atoms with Crippen molar-refractivity contribution in [2.45, 2.75) is 19.1 Å². The van der Waals surface area contributed by atoms with Crippen LogP contribution in [0.2, 0.25) is 0 Å². The van der Waals surface area contributed by atoms with Crippen molar-refractivity contribution in [2.75, 3.05) is 7.11 Å². The monoisotopic (exact) mass is 286 g/mol. The molecule has 1 heterocycles. The standard InChI is InChI=1S/C16H14O5/c1-7(2)15-14(19)11-13(18)10-8(12(17)16(11)21-15)5-4-6-9(10)20-3/h4-6,14-15,19H,1H2,2-3H3. The lowest BCUT2D eigenvalue weighted by Gasteiger charge is -2.18. The van der Waals surface area contributed by atoms with Crippen molar-refractivity contribution in [1.82, 2.24) is 0 Å². The lowest BCUT2D eigenvalue weighted by Crippen LogP contribution is -2.29. The van der Waals surface area contributed by atoms with E-state index < -0.39 is 23.8 Å². The average Bonchev–Trinajstić information content (AvgIpc) is 2.82. The summed E-state index contributed by atoms with van der Waals surface area (Å²) in [5.74, 6) is -0.626. The smallest absolute Gasteiger partial charge is 0.229 e. The van der Waals surface area contributed by atoms with Crippen LogP contribution in [0, 0.1) is 0 Å². The molecule has 0 amide bonds. The summed E-state index contributed by atoms with van der Waals surface area (Å²) in [6, 6.07) is 4.79. The summed E-state index contributed by atoms with van der Waals surface area (Å²) in [6.45, 7) is 5.40. The zero-order valence-electron chi connectivity index (χ0n) is 11.7. The van der Waals surface area contributed by atoms with E-state index in [1.165, 1.54) is 7.11 Å². The van der Waals surface area contributed by atoms with E-state index in [-0.39, 0.29) is 22.5 Å². The fraction of sp³-hybridized carbons (Fsp3) is 0.250. The molecule has 0 spiro atoms. The summed E-state index contributed by atoms with van der Waals surface area (Å²) in [4.78, 5) is 25.1. The Morgan fingerprint density at radius 2 is 2.05 bits per heavy atom. The van der Waals surface area contributed by atoms with Crippen molar-refractivity contribution in [3.63, 3.8) is 0 Å². The first-order chi connectivity index (χ1) is 9.97. The van der Waals surface area contributed by atoms with Gasteiger partial charge in [-0.05, 0) is 24.6 Å². The highest BCUT2D eigenvalue weighted by Gasteiger charge is 2.47. The Labute approximate surface area is 121 Å². The fourth-order valence-corrected chi connectivity index (χ4v) is 2.71. The second-order valence-electron chi connectivity index (χ2n) is 5.11. The molecule has 1 aliphatic carbocycles. The third-order valence-corrected chi connectivity index (χ3v) is 3.73. The van der Waals surface area contributed by atoms with Crippen LogP contribution in [0.25, 0.3) is 0 Å². The molecule has 0 aromatic heterocycles. The summed E-state index contributed by atoms with van der Waals surface area (Å²) in [5, 5.41) is 10.3. The lowest BCUT2D eigenvalue weighted by molar-refractivity contribution is 0.0644. The predicted molar refractivity (Wildman–Crippen MR) is 74.4 cm³/mol. The number of rotatable bonds is 2. The van der Waals surface area contributed by atoms with Crippen molar-refractivity contribution in [3.05, 3.63) is 52.8 Å². The number of carbonyl (C=O) groups excluding carboxylic acids is 2. The molecule has 108 valence electrons. The molecule has 5 nitrogen and oxygen atoms in total. The van der Waals surface area contributed by atoms with E-state index >= 15 is 0 Å². The first kappa shape index (κ1) is 13.6. The normalized spacial score (nSPS) is 23.6. The van der Waals surface area contributed by atoms with Crippen LogP contribution in [-0.4, -0.2) is 36.0 Å². The van der Waals surface area contributed by atoms with Gasteiger partial charge in [-0.1, -0.05) is 12.6 Å². The zero-order valence-corrected chi connectivity index (χ0v) is 11.7. The van der Waals surface area contributed by atoms with Gasteiger partial charge in [-0.25, -0.2) is 0 Å². The number of ketones is 2. The Morgan fingerprint density at radius 3 is 2.67 bits per heavy atom. The second-order valence-corrected chi connectivity index (χ2v) is 5.11. The summed E-state index contributed by atoms with van der Waals surface area (Å²) < 4.78 is 10.6. The first-order valence-electron chi connectivity index (χ1n) is 6.48. The van der Waals surface area contributed by atoms with E-state index in [4.69, 9.17) is 9.47 Å². The molecule has 0 radical (unpaired) electrons. The van der Waals surface area contributed by atoms with Gasteiger partial charge in [-0.15, -0.1) is 0 Å². The number of hydrogen-bond donors (Lipinski definition) is 1. The van der Waals surface area contributed by atoms with Crippen LogP contribution in [-0.2, 0) is 4.74 Å². The summed E-state index contributed by atoms with van der Waals surface area (Å²) >= 11 is 0. The average molecular weight is 286 g/mol. The molecule has 3 rings (SSSR count). The summed E-state index contributed by atoms with van der Waals surface area (Å²) in [6.07, 6.45) is -1.96. The summed E-state index contributed by atoms with van der Waals surface area (Å²) in [5.41, 5.74) is 0.944. The van der Waals surface area contributed by atoms with E-state index in [9.17, 15) is 14.7 Å². The number of methoxy groups -OCH3 is 1. The molecule has 21 heavy (non-hydrogen) atoms. The van der Waals surface area contributed by atoms with Gasteiger partial charge < -0.3 is 14.6 Å². The predicted octanol–water partition coefficient (Wildman–Crippen LogP) is 1.66. The Bertz CT molecular complexity index is 713. The number of aliphatic hydroxyl groups excluding tert-OH is 1. The molecule has 1 aromatic rings. The molecule has 1 aliphatic heterocycles. The van der Waals surface area contributed by atoms with E-state index in [1.807, 2.05) is 0 Å². The number of carbonyl (C=O) groups is 2. The van der Waals surface area contributed by atoms with Gasteiger partial charge in [0.2, 0.25) is 5.78 Å². The Balaban J connectivity index is 2.17. The van der Waals surface area contributed by atoms with Crippen LogP contribution in [0.3, 0.4) is 0 Å².